The van der Waals surface area contributed by atoms with Crippen LogP contribution in [0, 0.1) is 5.82 Å². The van der Waals surface area contributed by atoms with Gasteiger partial charge in [-0.15, -0.1) is 6.58 Å². The van der Waals surface area contributed by atoms with E-state index in [1.54, 1.807) is 23.9 Å². The predicted octanol–water partition coefficient (Wildman–Crippen LogP) is 2.80. The minimum atomic E-state index is -0.214. The maximum atomic E-state index is 13.5. The maximum Gasteiger partial charge on any atom is 0.191 e. The van der Waals surface area contributed by atoms with Crippen LogP contribution >= 0.6 is 11.8 Å². The fraction of sp³-hybridized carbons (Fsp3) is 0.400. The van der Waals surface area contributed by atoms with Crippen molar-refractivity contribution in [2.45, 2.75) is 13.5 Å². The summed E-state index contributed by atoms with van der Waals surface area (Å²) in [6.45, 7) is 7.62. The van der Waals surface area contributed by atoms with Gasteiger partial charge in [0.2, 0.25) is 0 Å². The molecule has 0 fully saturated rings. The second-order valence-corrected chi connectivity index (χ2v) is 5.23. The van der Waals surface area contributed by atoms with Gasteiger partial charge in [0.05, 0.1) is 6.54 Å². The lowest BCUT2D eigenvalue weighted by Gasteiger charge is -2.11. The fourth-order valence-electron chi connectivity index (χ4n) is 1.54. The highest BCUT2D eigenvalue weighted by Crippen LogP contribution is 2.07. The maximum absolute atomic E-state index is 13.5. The second kappa shape index (κ2) is 10.3. The van der Waals surface area contributed by atoms with E-state index in [9.17, 15) is 4.39 Å². The van der Waals surface area contributed by atoms with Crippen molar-refractivity contribution in [3.05, 3.63) is 48.3 Å². The Morgan fingerprint density at radius 3 is 2.90 bits per heavy atom. The standard InChI is InChI=1S/C15H22FN3S/c1-3-10-20-11-9-18-15(17-4-2)19-12-13-7-5-6-8-14(13)16/h3,5-8H,1,4,9-12H2,2H3,(H2,17,18,19). The number of guanidine groups is 1. The summed E-state index contributed by atoms with van der Waals surface area (Å²) in [5.74, 6) is 2.43. The molecule has 0 atom stereocenters. The number of thioether (sulfide) groups is 1. The molecule has 2 N–H and O–H groups in total. The lowest BCUT2D eigenvalue weighted by Crippen LogP contribution is -2.38. The molecular weight excluding hydrogens is 273 g/mol. The van der Waals surface area contributed by atoms with Crippen LogP contribution in [0.3, 0.4) is 0 Å². The Hall–Kier alpha value is -1.49. The second-order valence-electron chi connectivity index (χ2n) is 4.08. The molecule has 0 bridgehead atoms. The Kier molecular flexibility index (Phi) is 8.54. The van der Waals surface area contributed by atoms with E-state index in [0.29, 0.717) is 12.1 Å². The van der Waals surface area contributed by atoms with Crippen LogP contribution in [0.4, 0.5) is 4.39 Å². The van der Waals surface area contributed by atoms with Gasteiger partial charge < -0.3 is 10.6 Å². The highest BCUT2D eigenvalue weighted by Gasteiger charge is 2.01. The predicted molar refractivity (Wildman–Crippen MR) is 86.7 cm³/mol. The van der Waals surface area contributed by atoms with Gasteiger partial charge in [0.1, 0.15) is 5.82 Å². The van der Waals surface area contributed by atoms with E-state index in [0.717, 1.165) is 30.6 Å². The molecule has 0 heterocycles. The van der Waals surface area contributed by atoms with E-state index < -0.39 is 0 Å². The molecule has 0 radical (unpaired) electrons. The third kappa shape index (κ3) is 6.61. The first-order valence-corrected chi connectivity index (χ1v) is 7.87. The summed E-state index contributed by atoms with van der Waals surface area (Å²) in [4.78, 5) is 4.39. The van der Waals surface area contributed by atoms with Gasteiger partial charge in [0, 0.05) is 30.2 Å². The summed E-state index contributed by atoms with van der Waals surface area (Å²) in [6.07, 6.45) is 1.89. The average Bonchev–Trinajstić information content (AvgIpc) is 2.46. The minimum Gasteiger partial charge on any atom is -0.357 e. The van der Waals surface area contributed by atoms with E-state index in [4.69, 9.17) is 0 Å². The van der Waals surface area contributed by atoms with Crippen molar-refractivity contribution in [1.82, 2.24) is 10.6 Å². The number of hydrogen-bond acceptors (Lipinski definition) is 2. The Labute approximate surface area is 124 Å². The Balaban J connectivity index is 2.46. The van der Waals surface area contributed by atoms with Gasteiger partial charge in [-0.3, -0.25) is 0 Å². The van der Waals surface area contributed by atoms with Crippen LogP contribution in [0.5, 0.6) is 0 Å². The van der Waals surface area contributed by atoms with Crippen molar-refractivity contribution in [2.75, 3.05) is 24.6 Å². The first-order valence-electron chi connectivity index (χ1n) is 6.72. The lowest BCUT2D eigenvalue weighted by molar-refractivity contribution is 0.610. The Morgan fingerprint density at radius 1 is 1.40 bits per heavy atom. The molecule has 0 saturated carbocycles. The van der Waals surface area contributed by atoms with Crippen LogP contribution in [0.1, 0.15) is 12.5 Å². The molecule has 3 nitrogen and oxygen atoms in total. The van der Waals surface area contributed by atoms with Crippen molar-refractivity contribution in [1.29, 1.82) is 0 Å². The number of halogens is 1. The third-order valence-electron chi connectivity index (χ3n) is 2.48. The van der Waals surface area contributed by atoms with Gasteiger partial charge in [0.25, 0.3) is 0 Å². The van der Waals surface area contributed by atoms with E-state index in [1.165, 1.54) is 6.07 Å². The number of nitrogens with one attached hydrogen (secondary N) is 2. The number of benzene rings is 1. The van der Waals surface area contributed by atoms with E-state index >= 15 is 0 Å². The number of hydrogen-bond donors (Lipinski definition) is 2. The molecule has 0 aliphatic carbocycles. The van der Waals surface area contributed by atoms with Gasteiger partial charge in [0.15, 0.2) is 5.96 Å². The van der Waals surface area contributed by atoms with E-state index in [-0.39, 0.29) is 5.82 Å². The highest BCUT2D eigenvalue weighted by atomic mass is 32.2. The molecule has 1 aromatic carbocycles. The first-order chi connectivity index (χ1) is 9.77. The first kappa shape index (κ1) is 16.6. The van der Waals surface area contributed by atoms with Crippen LogP contribution in [-0.4, -0.2) is 30.6 Å². The van der Waals surface area contributed by atoms with Gasteiger partial charge >= 0.3 is 0 Å². The number of nitrogens with zero attached hydrogens (tertiary/aromatic N) is 1. The molecule has 0 saturated heterocycles. The molecule has 0 aliphatic heterocycles. The van der Waals surface area contributed by atoms with E-state index in [1.807, 2.05) is 19.1 Å². The summed E-state index contributed by atoms with van der Waals surface area (Å²) in [5, 5.41) is 6.38. The van der Waals surface area contributed by atoms with Gasteiger partial charge in [-0.2, -0.15) is 11.8 Å². The molecule has 5 heteroatoms. The average molecular weight is 295 g/mol. The zero-order chi connectivity index (χ0) is 14.6. The van der Waals surface area contributed by atoms with Crippen LogP contribution in [-0.2, 0) is 6.54 Å². The highest BCUT2D eigenvalue weighted by molar-refractivity contribution is 7.99. The molecule has 1 aromatic rings. The minimum absolute atomic E-state index is 0.214. The number of aliphatic imine (C=N–C) groups is 1. The summed E-state index contributed by atoms with van der Waals surface area (Å²) < 4.78 is 13.5. The Bertz CT molecular complexity index is 435. The molecule has 0 unspecified atom stereocenters. The summed E-state index contributed by atoms with van der Waals surface area (Å²) >= 11 is 1.81. The van der Waals surface area contributed by atoms with Crippen LogP contribution in [0.2, 0.25) is 0 Å². The molecule has 1 rings (SSSR count). The van der Waals surface area contributed by atoms with Gasteiger partial charge in [-0.1, -0.05) is 24.3 Å². The largest absolute Gasteiger partial charge is 0.357 e. The summed E-state index contributed by atoms with van der Waals surface area (Å²) in [7, 11) is 0. The van der Waals surface area contributed by atoms with Crippen LogP contribution < -0.4 is 10.6 Å². The monoisotopic (exact) mass is 295 g/mol. The lowest BCUT2D eigenvalue weighted by atomic mass is 10.2. The fourth-order valence-corrected chi connectivity index (χ4v) is 2.12. The molecule has 110 valence electrons. The van der Waals surface area contributed by atoms with Crippen molar-refractivity contribution in [3.63, 3.8) is 0 Å². The van der Waals surface area contributed by atoms with Crippen molar-refractivity contribution < 1.29 is 4.39 Å². The quantitative estimate of drug-likeness (QED) is 0.335. The molecule has 0 aromatic heterocycles. The van der Waals surface area contributed by atoms with Crippen molar-refractivity contribution in [3.8, 4) is 0 Å². The zero-order valence-electron chi connectivity index (χ0n) is 11.9. The van der Waals surface area contributed by atoms with Crippen molar-refractivity contribution in [2.24, 2.45) is 4.99 Å². The zero-order valence-corrected chi connectivity index (χ0v) is 12.7. The molecule has 0 aliphatic rings. The van der Waals surface area contributed by atoms with Crippen LogP contribution in [0.15, 0.2) is 41.9 Å². The number of rotatable bonds is 8. The molecule has 0 spiro atoms. The SMILES string of the molecule is C=CCSCCNC(=NCc1ccccc1F)NCC. The smallest absolute Gasteiger partial charge is 0.191 e. The van der Waals surface area contributed by atoms with Gasteiger partial charge in [-0.05, 0) is 13.0 Å². The van der Waals surface area contributed by atoms with E-state index in [2.05, 4.69) is 22.2 Å². The van der Waals surface area contributed by atoms with Crippen LogP contribution in [0.25, 0.3) is 0 Å². The van der Waals surface area contributed by atoms with Gasteiger partial charge in [-0.25, -0.2) is 9.38 Å². The summed E-state index contributed by atoms with van der Waals surface area (Å²) in [5.41, 5.74) is 0.603. The third-order valence-corrected chi connectivity index (χ3v) is 3.45. The topological polar surface area (TPSA) is 36.4 Å². The molecular formula is C15H22FN3S. The molecule has 0 amide bonds. The Morgan fingerprint density at radius 2 is 2.20 bits per heavy atom. The normalized spacial score (nSPS) is 11.2. The molecule has 20 heavy (non-hydrogen) atoms. The van der Waals surface area contributed by atoms with Crippen molar-refractivity contribution >= 4 is 17.7 Å². The summed E-state index contributed by atoms with van der Waals surface area (Å²) in [6, 6.07) is 6.71.